The number of rotatable bonds is 10. The zero-order chi connectivity index (χ0) is 35.1. The monoisotopic (exact) mass is 692 g/mol. The van der Waals surface area contributed by atoms with Gasteiger partial charge in [-0.25, -0.2) is 13.2 Å². The number of benzene rings is 2. The summed E-state index contributed by atoms with van der Waals surface area (Å²) in [5.41, 5.74) is -2.51. The molecule has 15 heteroatoms. The van der Waals surface area contributed by atoms with Gasteiger partial charge in [0, 0.05) is 6.54 Å². The summed E-state index contributed by atoms with van der Waals surface area (Å²) in [4.78, 5) is 54.7. The van der Waals surface area contributed by atoms with E-state index in [1.54, 1.807) is 20.8 Å². The molecule has 0 spiro atoms. The minimum Gasteiger partial charge on any atom is -0.410 e. The van der Waals surface area contributed by atoms with Crippen molar-refractivity contribution in [3.05, 3.63) is 65.7 Å². The predicted molar refractivity (Wildman–Crippen MR) is 168 cm³/mol. The molecule has 1 saturated heterocycles. The number of carbonyl (C=O) groups excluding carboxylic acids is 4. The van der Waals surface area contributed by atoms with Gasteiger partial charge in [-0.05, 0) is 74.1 Å². The Hall–Kier alpha value is -4.14. The first-order valence-electron chi connectivity index (χ1n) is 15.7. The van der Waals surface area contributed by atoms with E-state index in [0.717, 1.165) is 17.7 Å². The molecule has 1 heterocycles. The normalized spacial score (nSPS) is 20.3. The highest BCUT2D eigenvalue weighted by atomic mass is 32.2. The Kier molecular flexibility index (Phi) is 9.32. The van der Waals surface area contributed by atoms with Crippen LogP contribution in [0.2, 0.25) is 0 Å². The maximum Gasteiger partial charge on any atom is 0.416 e. The third-order valence-electron chi connectivity index (χ3n) is 9.11. The van der Waals surface area contributed by atoms with Gasteiger partial charge in [0.15, 0.2) is 0 Å². The molecule has 0 aromatic heterocycles. The van der Waals surface area contributed by atoms with Crippen molar-refractivity contribution in [3.8, 4) is 5.75 Å². The minimum atomic E-state index is -4.65. The second kappa shape index (κ2) is 12.7. The van der Waals surface area contributed by atoms with E-state index in [-0.39, 0.29) is 38.0 Å². The second-order valence-electron chi connectivity index (χ2n) is 13.9. The summed E-state index contributed by atoms with van der Waals surface area (Å²) in [6, 6.07) is 10.6. The van der Waals surface area contributed by atoms with Crippen LogP contribution in [0.25, 0.3) is 0 Å². The summed E-state index contributed by atoms with van der Waals surface area (Å²) >= 11 is 0. The van der Waals surface area contributed by atoms with Gasteiger partial charge in [0.05, 0.1) is 10.3 Å². The molecule has 0 unspecified atom stereocenters. The molecule has 1 aliphatic heterocycles. The molecule has 0 radical (unpaired) electrons. The van der Waals surface area contributed by atoms with Crippen LogP contribution in [-0.2, 0) is 37.0 Å². The summed E-state index contributed by atoms with van der Waals surface area (Å²) in [6.07, 6.45) is -3.59. The SMILES string of the molecule is CC(C)(C)[C@H](NC(=O)Oc1cccc(C(F)(F)F)c1)C(=O)N1CCC[C@H]1C(=O)NC1(C(=O)NS(=O)(=O)C2(Cc3ccccc3)CC2)CC1. The van der Waals surface area contributed by atoms with Crippen LogP contribution in [0.4, 0.5) is 18.0 Å². The molecule has 2 aromatic carbocycles. The molecule has 2 atom stereocenters. The maximum atomic E-state index is 13.8. The van der Waals surface area contributed by atoms with Gasteiger partial charge >= 0.3 is 12.3 Å². The average Bonchev–Trinajstić information content (AvgIpc) is 3.91. The van der Waals surface area contributed by atoms with Crippen molar-refractivity contribution in [1.29, 1.82) is 0 Å². The number of halogens is 3. The van der Waals surface area contributed by atoms with Crippen molar-refractivity contribution in [2.24, 2.45) is 5.41 Å². The average molecular weight is 693 g/mol. The quantitative estimate of drug-likeness (QED) is 0.340. The van der Waals surface area contributed by atoms with E-state index < -0.39 is 73.4 Å². The van der Waals surface area contributed by atoms with Gasteiger partial charge in [-0.15, -0.1) is 0 Å². The molecule has 5 rings (SSSR count). The maximum absolute atomic E-state index is 13.8. The van der Waals surface area contributed by atoms with Crippen LogP contribution in [-0.4, -0.2) is 66.0 Å². The molecule has 48 heavy (non-hydrogen) atoms. The molecular weight excluding hydrogens is 653 g/mol. The third-order valence-corrected chi connectivity index (χ3v) is 11.3. The van der Waals surface area contributed by atoms with E-state index in [9.17, 15) is 40.8 Å². The van der Waals surface area contributed by atoms with Crippen LogP contribution in [0, 0.1) is 5.41 Å². The molecule has 0 bridgehead atoms. The zero-order valence-corrected chi connectivity index (χ0v) is 27.7. The number of nitrogens with zero attached hydrogens (tertiary/aromatic N) is 1. The second-order valence-corrected chi connectivity index (χ2v) is 16.0. The van der Waals surface area contributed by atoms with Crippen LogP contribution >= 0.6 is 0 Å². The van der Waals surface area contributed by atoms with E-state index in [4.69, 9.17) is 4.74 Å². The minimum absolute atomic E-state index is 0.170. The number of sulfonamides is 1. The van der Waals surface area contributed by atoms with Crippen LogP contribution in [0.5, 0.6) is 5.75 Å². The fourth-order valence-electron chi connectivity index (χ4n) is 5.94. The summed E-state index contributed by atoms with van der Waals surface area (Å²) in [5, 5.41) is 5.14. The van der Waals surface area contributed by atoms with Crippen molar-refractivity contribution < 1.29 is 45.5 Å². The first-order valence-corrected chi connectivity index (χ1v) is 17.2. The van der Waals surface area contributed by atoms with Gasteiger partial charge in [-0.2, -0.15) is 13.2 Å². The first-order chi connectivity index (χ1) is 22.4. The van der Waals surface area contributed by atoms with E-state index in [0.29, 0.717) is 25.3 Å². The Labute approximate surface area is 277 Å². The molecule has 11 nitrogen and oxygen atoms in total. The number of ether oxygens (including phenoxy) is 1. The lowest BCUT2D eigenvalue weighted by molar-refractivity contribution is -0.142. The molecule has 3 aliphatic rings. The zero-order valence-electron chi connectivity index (χ0n) is 26.9. The van der Waals surface area contributed by atoms with Crippen LogP contribution in [0.3, 0.4) is 0 Å². The highest BCUT2D eigenvalue weighted by Gasteiger charge is 2.59. The van der Waals surface area contributed by atoms with E-state index in [2.05, 4.69) is 15.4 Å². The molecule has 4 amide bonds. The topological polar surface area (TPSA) is 151 Å². The number of likely N-dealkylation sites (tertiary alicyclic amines) is 1. The Balaban J connectivity index is 1.23. The summed E-state index contributed by atoms with van der Waals surface area (Å²) in [7, 11) is -4.06. The van der Waals surface area contributed by atoms with Crippen LogP contribution < -0.4 is 20.1 Å². The van der Waals surface area contributed by atoms with Gasteiger partial charge in [-0.1, -0.05) is 57.2 Å². The molecule has 3 fully saturated rings. The van der Waals surface area contributed by atoms with Gasteiger partial charge in [0.2, 0.25) is 21.8 Å². The van der Waals surface area contributed by atoms with Crippen molar-refractivity contribution in [2.75, 3.05) is 6.54 Å². The predicted octanol–water partition coefficient (Wildman–Crippen LogP) is 4.07. The van der Waals surface area contributed by atoms with E-state index >= 15 is 0 Å². The summed E-state index contributed by atoms with van der Waals surface area (Å²) in [5.74, 6) is -2.44. The molecule has 2 aromatic rings. The Bertz CT molecular complexity index is 1680. The van der Waals surface area contributed by atoms with Crippen LogP contribution in [0.15, 0.2) is 54.6 Å². The number of amides is 4. The van der Waals surface area contributed by atoms with Crippen molar-refractivity contribution in [1.82, 2.24) is 20.3 Å². The fraction of sp³-hybridized carbons (Fsp3) is 0.515. The molecular formula is C33H39F3N4O7S. The first kappa shape index (κ1) is 35.2. The van der Waals surface area contributed by atoms with Gasteiger partial charge in [0.1, 0.15) is 23.4 Å². The molecule has 260 valence electrons. The molecule has 3 N–H and O–H groups in total. The molecule has 2 aliphatic carbocycles. The lowest BCUT2D eigenvalue weighted by Gasteiger charge is -2.35. The smallest absolute Gasteiger partial charge is 0.410 e. The number of alkyl halides is 3. The summed E-state index contributed by atoms with van der Waals surface area (Å²) < 4.78 is 72.2. The number of hydrogen-bond donors (Lipinski definition) is 3. The standard InChI is InChI=1S/C33H39F3N4O7S/c1-30(2,3)25(37-29(44)47-23-12-7-11-22(19-23)33(34,35)36)27(42)40-18-8-13-24(40)26(41)38-32(16-17-32)28(43)39-48(45,46)31(14-15-31)20-21-9-5-4-6-10-21/h4-7,9-12,19,24-25H,8,13-18,20H2,1-3H3,(H,37,44)(H,38,41)(H,39,43)/t24-,25+/m0/s1. The van der Waals surface area contributed by atoms with Gasteiger partial charge in [0.25, 0.3) is 5.91 Å². The Morgan fingerprint density at radius 3 is 2.23 bits per heavy atom. The number of hydrogen-bond acceptors (Lipinski definition) is 7. The lowest BCUT2D eigenvalue weighted by Crippen LogP contribution is -2.60. The van der Waals surface area contributed by atoms with Gasteiger partial charge < -0.3 is 20.3 Å². The highest BCUT2D eigenvalue weighted by Crippen LogP contribution is 2.46. The van der Waals surface area contributed by atoms with Crippen molar-refractivity contribution >= 4 is 33.8 Å². The van der Waals surface area contributed by atoms with Crippen molar-refractivity contribution in [2.45, 2.75) is 94.3 Å². The Morgan fingerprint density at radius 2 is 1.65 bits per heavy atom. The highest BCUT2D eigenvalue weighted by molar-refractivity contribution is 7.91. The van der Waals surface area contributed by atoms with Crippen molar-refractivity contribution in [3.63, 3.8) is 0 Å². The van der Waals surface area contributed by atoms with Gasteiger partial charge in [-0.3, -0.25) is 19.1 Å². The number of carbonyl (C=O) groups is 4. The Morgan fingerprint density at radius 1 is 0.979 bits per heavy atom. The van der Waals surface area contributed by atoms with Crippen LogP contribution in [0.1, 0.15) is 70.4 Å². The molecule has 2 saturated carbocycles. The summed E-state index contributed by atoms with van der Waals surface area (Å²) in [6.45, 7) is 5.17. The van der Waals surface area contributed by atoms with E-state index in [1.807, 2.05) is 30.3 Å². The van der Waals surface area contributed by atoms with E-state index in [1.165, 1.54) is 11.0 Å². The third kappa shape index (κ3) is 7.61. The lowest BCUT2D eigenvalue weighted by atomic mass is 9.85. The fourth-order valence-corrected chi connectivity index (χ4v) is 7.59. The largest absolute Gasteiger partial charge is 0.416 e. The number of nitrogens with one attached hydrogen (secondary N) is 3.